The number of nitrogens with one attached hydrogen (secondary N) is 1. The fourth-order valence-corrected chi connectivity index (χ4v) is 2.63. The van der Waals surface area contributed by atoms with E-state index in [1.54, 1.807) is 29.2 Å². The molecule has 1 unspecified atom stereocenters. The largest absolute Gasteiger partial charge is 0.396 e. The minimum Gasteiger partial charge on any atom is -0.396 e. The Labute approximate surface area is 123 Å². The summed E-state index contributed by atoms with van der Waals surface area (Å²) in [6.45, 7) is 1.45. The maximum Gasteiger partial charge on any atom is 0.253 e. The summed E-state index contributed by atoms with van der Waals surface area (Å²) in [7, 11) is 0. The highest BCUT2D eigenvalue weighted by molar-refractivity contribution is 5.96. The molecule has 1 heterocycles. The lowest BCUT2D eigenvalue weighted by Crippen LogP contribution is -2.29. The Kier molecular flexibility index (Phi) is 3.92. The summed E-state index contributed by atoms with van der Waals surface area (Å²) in [5.74, 6) is 0.433. The predicted octanol–water partition coefficient (Wildman–Crippen LogP) is 1.49. The van der Waals surface area contributed by atoms with Crippen LogP contribution in [0.15, 0.2) is 24.3 Å². The van der Waals surface area contributed by atoms with Crippen molar-refractivity contribution in [2.24, 2.45) is 11.8 Å². The van der Waals surface area contributed by atoms with Crippen molar-refractivity contribution in [1.29, 1.82) is 0 Å². The summed E-state index contributed by atoms with van der Waals surface area (Å²) >= 11 is 0. The zero-order valence-electron chi connectivity index (χ0n) is 11.9. The van der Waals surface area contributed by atoms with Crippen molar-refractivity contribution in [3.63, 3.8) is 0 Å². The van der Waals surface area contributed by atoms with E-state index in [0.717, 1.165) is 24.9 Å². The number of rotatable bonds is 4. The van der Waals surface area contributed by atoms with Crippen molar-refractivity contribution in [2.45, 2.75) is 19.3 Å². The van der Waals surface area contributed by atoms with Gasteiger partial charge in [0.25, 0.3) is 5.91 Å². The quantitative estimate of drug-likeness (QED) is 0.882. The Hall–Kier alpha value is -1.88. The van der Waals surface area contributed by atoms with Crippen LogP contribution in [0.1, 0.15) is 29.6 Å². The van der Waals surface area contributed by atoms with Gasteiger partial charge in [-0.15, -0.1) is 0 Å². The highest BCUT2D eigenvalue weighted by atomic mass is 16.3. The lowest BCUT2D eigenvalue weighted by Gasteiger charge is -2.16. The Morgan fingerprint density at radius 2 is 1.90 bits per heavy atom. The van der Waals surface area contributed by atoms with Gasteiger partial charge in [0, 0.05) is 42.8 Å². The predicted molar refractivity (Wildman–Crippen MR) is 78.9 cm³/mol. The number of amides is 2. The molecule has 112 valence electrons. The lowest BCUT2D eigenvalue weighted by molar-refractivity contribution is -0.117. The number of anilines is 1. The molecule has 1 saturated carbocycles. The van der Waals surface area contributed by atoms with E-state index < -0.39 is 0 Å². The molecular formula is C16H20N2O3. The number of carbonyl (C=O) groups is 2. The Morgan fingerprint density at radius 1 is 1.19 bits per heavy atom. The van der Waals surface area contributed by atoms with Crippen LogP contribution in [0.3, 0.4) is 0 Å². The molecule has 1 aromatic carbocycles. The molecule has 3 rings (SSSR count). The maximum absolute atomic E-state index is 12.3. The third kappa shape index (κ3) is 3.24. The molecule has 0 spiro atoms. The number of hydrogen-bond acceptors (Lipinski definition) is 3. The first kappa shape index (κ1) is 14.1. The van der Waals surface area contributed by atoms with Gasteiger partial charge in [-0.1, -0.05) is 0 Å². The average Bonchev–Trinajstić information content (AvgIpc) is 3.25. The monoisotopic (exact) mass is 288 g/mol. The summed E-state index contributed by atoms with van der Waals surface area (Å²) in [5.41, 5.74) is 1.36. The number of hydrogen-bond donors (Lipinski definition) is 2. The Morgan fingerprint density at radius 3 is 2.48 bits per heavy atom. The minimum atomic E-state index is -0.00832. The highest BCUT2D eigenvalue weighted by Crippen LogP contribution is 2.30. The minimum absolute atomic E-state index is 0.00832. The van der Waals surface area contributed by atoms with Crippen LogP contribution in [0.2, 0.25) is 0 Å². The molecule has 5 heteroatoms. The van der Waals surface area contributed by atoms with E-state index in [1.165, 1.54) is 0 Å². The van der Waals surface area contributed by atoms with Crippen molar-refractivity contribution >= 4 is 17.5 Å². The van der Waals surface area contributed by atoms with Gasteiger partial charge in [-0.3, -0.25) is 9.59 Å². The van der Waals surface area contributed by atoms with Crippen LogP contribution in [-0.2, 0) is 4.79 Å². The topological polar surface area (TPSA) is 69.6 Å². The Bertz CT molecular complexity index is 537. The first-order valence-electron chi connectivity index (χ1n) is 7.48. The molecule has 1 atom stereocenters. The second-order valence-corrected chi connectivity index (χ2v) is 5.93. The molecule has 2 aliphatic rings. The molecule has 2 amide bonds. The molecular weight excluding hydrogens is 268 g/mol. The summed E-state index contributed by atoms with van der Waals surface area (Å²) in [4.78, 5) is 25.8. The number of benzene rings is 1. The summed E-state index contributed by atoms with van der Waals surface area (Å²) in [6, 6.07) is 7.04. The van der Waals surface area contributed by atoms with Gasteiger partial charge in [0.1, 0.15) is 0 Å². The smallest absolute Gasteiger partial charge is 0.253 e. The number of aliphatic hydroxyl groups is 1. The molecule has 2 fully saturated rings. The molecule has 1 aliphatic carbocycles. The third-order valence-electron chi connectivity index (χ3n) is 4.18. The SMILES string of the molecule is O=C(Nc1ccc(C(=O)N2CCC(CO)C2)cc1)C1CC1. The van der Waals surface area contributed by atoms with Crippen LogP contribution in [-0.4, -0.2) is 41.5 Å². The van der Waals surface area contributed by atoms with Crippen LogP contribution in [0, 0.1) is 11.8 Å². The molecule has 0 aromatic heterocycles. The first-order valence-corrected chi connectivity index (χ1v) is 7.48. The van der Waals surface area contributed by atoms with Gasteiger partial charge in [0.15, 0.2) is 0 Å². The van der Waals surface area contributed by atoms with Gasteiger partial charge < -0.3 is 15.3 Å². The first-order chi connectivity index (χ1) is 10.2. The molecule has 21 heavy (non-hydrogen) atoms. The lowest BCUT2D eigenvalue weighted by atomic mass is 10.1. The zero-order chi connectivity index (χ0) is 14.8. The average molecular weight is 288 g/mol. The van der Waals surface area contributed by atoms with Crippen molar-refractivity contribution in [1.82, 2.24) is 4.90 Å². The molecule has 1 aromatic rings. The summed E-state index contributed by atoms with van der Waals surface area (Å²) < 4.78 is 0. The third-order valence-corrected chi connectivity index (χ3v) is 4.18. The standard InChI is InChI=1S/C16H20N2O3/c19-10-11-7-8-18(9-11)16(21)13-3-5-14(6-4-13)17-15(20)12-1-2-12/h3-6,11-12,19H,1-2,7-10H2,(H,17,20). The van der Waals surface area contributed by atoms with Crippen molar-refractivity contribution in [2.75, 3.05) is 25.0 Å². The second kappa shape index (κ2) is 5.85. The number of aliphatic hydroxyl groups excluding tert-OH is 1. The summed E-state index contributed by atoms with van der Waals surface area (Å²) in [6.07, 6.45) is 2.81. The van der Waals surface area contributed by atoms with E-state index in [4.69, 9.17) is 5.11 Å². The van der Waals surface area contributed by atoms with Gasteiger partial charge in [-0.25, -0.2) is 0 Å². The van der Waals surface area contributed by atoms with Gasteiger partial charge >= 0.3 is 0 Å². The van der Waals surface area contributed by atoms with Gasteiger partial charge in [-0.05, 0) is 43.5 Å². The molecule has 1 saturated heterocycles. The number of carbonyl (C=O) groups excluding carboxylic acids is 2. The van der Waals surface area contributed by atoms with Crippen LogP contribution in [0.4, 0.5) is 5.69 Å². The highest BCUT2D eigenvalue weighted by Gasteiger charge is 2.29. The summed E-state index contributed by atoms with van der Waals surface area (Å²) in [5, 5.41) is 12.0. The normalized spacial score (nSPS) is 21.4. The van der Waals surface area contributed by atoms with E-state index in [1.807, 2.05) is 0 Å². The zero-order valence-corrected chi connectivity index (χ0v) is 11.9. The van der Waals surface area contributed by atoms with Crippen LogP contribution in [0.25, 0.3) is 0 Å². The van der Waals surface area contributed by atoms with Crippen LogP contribution in [0.5, 0.6) is 0 Å². The molecule has 5 nitrogen and oxygen atoms in total. The van der Waals surface area contributed by atoms with Crippen LogP contribution >= 0.6 is 0 Å². The second-order valence-electron chi connectivity index (χ2n) is 5.93. The fraction of sp³-hybridized carbons (Fsp3) is 0.500. The van der Waals surface area contributed by atoms with Crippen LogP contribution < -0.4 is 5.32 Å². The van der Waals surface area contributed by atoms with E-state index in [2.05, 4.69) is 5.32 Å². The molecule has 0 radical (unpaired) electrons. The van der Waals surface area contributed by atoms with E-state index in [0.29, 0.717) is 18.7 Å². The van der Waals surface area contributed by atoms with Gasteiger partial charge in [0.05, 0.1) is 0 Å². The maximum atomic E-state index is 12.3. The van der Waals surface area contributed by atoms with Crippen molar-refractivity contribution in [3.05, 3.63) is 29.8 Å². The Balaban J connectivity index is 1.60. The van der Waals surface area contributed by atoms with Crippen molar-refractivity contribution < 1.29 is 14.7 Å². The van der Waals surface area contributed by atoms with E-state index in [-0.39, 0.29) is 30.3 Å². The van der Waals surface area contributed by atoms with E-state index >= 15 is 0 Å². The number of nitrogens with zero attached hydrogens (tertiary/aromatic N) is 1. The molecule has 1 aliphatic heterocycles. The van der Waals surface area contributed by atoms with Gasteiger partial charge in [0.2, 0.25) is 5.91 Å². The van der Waals surface area contributed by atoms with Crippen molar-refractivity contribution in [3.8, 4) is 0 Å². The molecule has 2 N–H and O–H groups in total. The van der Waals surface area contributed by atoms with Gasteiger partial charge in [-0.2, -0.15) is 0 Å². The fourth-order valence-electron chi connectivity index (χ4n) is 2.63. The van der Waals surface area contributed by atoms with E-state index in [9.17, 15) is 9.59 Å². The number of likely N-dealkylation sites (tertiary alicyclic amines) is 1. The molecule has 0 bridgehead atoms.